The molecule has 1 aromatic carbocycles. The van der Waals surface area contributed by atoms with Gasteiger partial charge in [-0.2, -0.15) is 0 Å². The van der Waals surface area contributed by atoms with Gasteiger partial charge in [0.15, 0.2) is 11.6 Å². The van der Waals surface area contributed by atoms with Gasteiger partial charge in [-0.25, -0.2) is 9.37 Å². The van der Waals surface area contributed by atoms with Crippen molar-refractivity contribution >= 4 is 5.91 Å². The van der Waals surface area contributed by atoms with Crippen molar-refractivity contribution in [3.8, 4) is 11.7 Å². The Kier molecular flexibility index (Phi) is 3.49. The summed E-state index contributed by atoms with van der Waals surface area (Å²) in [5, 5.41) is 6.37. The van der Waals surface area contributed by atoms with E-state index in [2.05, 4.69) is 15.6 Å². The number of carbonyl (C=O) groups is 1. The Morgan fingerprint density at radius 1 is 1.39 bits per heavy atom. The van der Waals surface area contributed by atoms with Gasteiger partial charge in [-0.15, -0.1) is 0 Å². The number of oxazole rings is 1. The van der Waals surface area contributed by atoms with Crippen LogP contribution in [0.15, 0.2) is 34.9 Å². The van der Waals surface area contributed by atoms with Crippen LogP contribution in [0.5, 0.6) is 11.7 Å². The van der Waals surface area contributed by atoms with Crippen molar-refractivity contribution in [3.05, 3.63) is 42.2 Å². The molecule has 4 rings (SSSR count). The molecule has 23 heavy (non-hydrogen) atoms. The fourth-order valence-electron chi connectivity index (χ4n) is 3.26. The number of benzene rings is 1. The molecule has 1 amide bonds. The molecule has 3 heterocycles. The second-order valence-electron chi connectivity index (χ2n) is 5.88. The summed E-state index contributed by atoms with van der Waals surface area (Å²) in [6, 6.07) is 6.88. The Morgan fingerprint density at radius 2 is 2.26 bits per heavy atom. The maximum atomic E-state index is 13.5. The fraction of sp³-hybridized carbons (Fsp3) is 0.375. The van der Waals surface area contributed by atoms with Crippen molar-refractivity contribution in [1.82, 2.24) is 15.6 Å². The van der Waals surface area contributed by atoms with E-state index in [-0.39, 0.29) is 29.5 Å². The lowest BCUT2D eigenvalue weighted by Gasteiger charge is -2.20. The van der Waals surface area contributed by atoms with Gasteiger partial charge >= 0.3 is 11.9 Å². The molecule has 0 spiro atoms. The standard InChI is InChI=1S/C16H16FN3O3/c17-10-3-1-2-4-13(10)22-14-8-18-16(23-14)15(21)20-12-7-9-5-6-11(12)19-9/h1-4,8-9,11-12,19H,5-7H2,(H,20,21)/t9-,11+,12-/m1/s1. The third-order valence-corrected chi connectivity index (χ3v) is 4.34. The zero-order valence-electron chi connectivity index (χ0n) is 12.3. The Hall–Kier alpha value is -2.41. The molecule has 2 aromatic rings. The SMILES string of the molecule is O=C(N[C@@H]1C[C@H]2CC[C@@H]1N2)c1ncc(Oc2ccccc2F)o1. The van der Waals surface area contributed by atoms with Crippen molar-refractivity contribution in [3.63, 3.8) is 0 Å². The summed E-state index contributed by atoms with van der Waals surface area (Å²) in [6.45, 7) is 0. The fourth-order valence-corrected chi connectivity index (χ4v) is 3.26. The van der Waals surface area contributed by atoms with E-state index >= 15 is 0 Å². The number of nitrogens with zero attached hydrogens (tertiary/aromatic N) is 1. The first-order valence-electron chi connectivity index (χ1n) is 7.64. The molecule has 1 aromatic heterocycles. The van der Waals surface area contributed by atoms with Gasteiger partial charge in [-0.1, -0.05) is 12.1 Å². The van der Waals surface area contributed by atoms with E-state index in [1.54, 1.807) is 12.1 Å². The molecule has 2 bridgehead atoms. The van der Waals surface area contributed by atoms with Gasteiger partial charge in [-0.05, 0) is 31.4 Å². The van der Waals surface area contributed by atoms with Gasteiger partial charge in [0.05, 0.1) is 0 Å². The third-order valence-electron chi connectivity index (χ3n) is 4.34. The average molecular weight is 317 g/mol. The maximum Gasteiger partial charge on any atom is 0.311 e. The lowest BCUT2D eigenvalue weighted by atomic mass is 9.95. The van der Waals surface area contributed by atoms with Crippen molar-refractivity contribution in [2.45, 2.75) is 37.4 Å². The predicted molar refractivity (Wildman–Crippen MR) is 78.8 cm³/mol. The number of ether oxygens (including phenoxy) is 1. The maximum absolute atomic E-state index is 13.5. The Labute approximate surface area is 132 Å². The minimum absolute atomic E-state index is 0.0212. The lowest BCUT2D eigenvalue weighted by Crippen LogP contribution is -2.43. The highest BCUT2D eigenvalue weighted by Gasteiger charge is 2.40. The first kappa shape index (κ1) is 14.2. The predicted octanol–water partition coefficient (Wildman–Crippen LogP) is 2.23. The second kappa shape index (κ2) is 5.66. The average Bonchev–Trinajstić information content (AvgIpc) is 3.26. The molecular formula is C16H16FN3O3. The number of fused-ring (bicyclic) bond motifs is 2. The van der Waals surface area contributed by atoms with E-state index in [9.17, 15) is 9.18 Å². The number of hydrogen-bond acceptors (Lipinski definition) is 5. The van der Waals surface area contributed by atoms with Gasteiger partial charge in [0.1, 0.15) is 6.20 Å². The normalized spacial score (nSPS) is 25.5. The minimum atomic E-state index is -0.511. The molecule has 2 aliphatic rings. The van der Waals surface area contributed by atoms with Crippen LogP contribution in [-0.4, -0.2) is 29.0 Å². The van der Waals surface area contributed by atoms with Gasteiger partial charge in [-0.3, -0.25) is 4.79 Å². The topological polar surface area (TPSA) is 76.4 Å². The van der Waals surface area contributed by atoms with Gasteiger partial charge < -0.3 is 19.8 Å². The number of amides is 1. The van der Waals surface area contributed by atoms with Crippen molar-refractivity contribution in [2.24, 2.45) is 0 Å². The molecule has 120 valence electrons. The first-order chi connectivity index (χ1) is 11.2. The summed E-state index contributed by atoms with van der Waals surface area (Å²) in [5.74, 6) is -0.978. The van der Waals surface area contributed by atoms with Crippen molar-refractivity contribution in [1.29, 1.82) is 0 Å². The summed E-state index contributed by atoms with van der Waals surface area (Å²) in [5.41, 5.74) is 0. The monoisotopic (exact) mass is 317 g/mol. The summed E-state index contributed by atoms with van der Waals surface area (Å²) in [6.07, 6.45) is 4.43. The number of nitrogens with one attached hydrogen (secondary N) is 2. The molecule has 2 saturated heterocycles. The van der Waals surface area contributed by atoms with Crippen LogP contribution < -0.4 is 15.4 Å². The zero-order valence-corrected chi connectivity index (χ0v) is 12.3. The minimum Gasteiger partial charge on any atom is -0.422 e. The van der Waals surface area contributed by atoms with Crippen LogP contribution in [0.3, 0.4) is 0 Å². The molecule has 7 heteroatoms. The van der Waals surface area contributed by atoms with Crippen LogP contribution in [0.1, 0.15) is 29.9 Å². The van der Waals surface area contributed by atoms with Crippen LogP contribution in [0, 0.1) is 5.82 Å². The van der Waals surface area contributed by atoms with E-state index in [0.29, 0.717) is 12.1 Å². The van der Waals surface area contributed by atoms with E-state index in [4.69, 9.17) is 9.15 Å². The number of aromatic nitrogens is 1. The molecule has 2 aliphatic heterocycles. The van der Waals surface area contributed by atoms with Crippen LogP contribution in [-0.2, 0) is 0 Å². The number of carbonyl (C=O) groups excluding carboxylic acids is 1. The number of para-hydroxylation sites is 1. The van der Waals surface area contributed by atoms with E-state index in [1.165, 1.54) is 18.3 Å². The number of rotatable bonds is 4. The largest absolute Gasteiger partial charge is 0.422 e. The molecular weight excluding hydrogens is 301 g/mol. The second-order valence-corrected chi connectivity index (χ2v) is 5.88. The molecule has 6 nitrogen and oxygen atoms in total. The van der Waals surface area contributed by atoms with Gasteiger partial charge in [0.25, 0.3) is 5.89 Å². The molecule has 0 unspecified atom stereocenters. The quantitative estimate of drug-likeness (QED) is 0.904. The van der Waals surface area contributed by atoms with E-state index in [1.807, 2.05) is 0 Å². The number of hydrogen-bond donors (Lipinski definition) is 2. The van der Waals surface area contributed by atoms with Crippen LogP contribution in [0.2, 0.25) is 0 Å². The zero-order chi connectivity index (χ0) is 15.8. The van der Waals surface area contributed by atoms with Gasteiger partial charge in [0, 0.05) is 18.1 Å². The Balaban J connectivity index is 1.41. The Morgan fingerprint density at radius 3 is 3.00 bits per heavy atom. The smallest absolute Gasteiger partial charge is 0.311 e. The number of halogens is 1. The molecule has 2 fully saturated rings. The highest BCUT2D eigenvalue weighted by atomic mass is 19.1. The highest BCUT2D eigenvalue weighted by Crippen LogP contribution is 2.29. The van der Waals surface area contributed by atoms with Gasteiger partial charge in [0.2, 0.25) is 0 Å². The summed E-state index contributed by atoms with van der Waals surface area (Å²) in [7, 11) is 0. The lowest BCUT2D eigenvalue weighted by molar-refractivity contribution is 0.0890. The van der Waals surface area contributed by atoms with Crippen LogP contribution in [0.4, 0.5) is 4.39 Å². The van der Waals surface area contributed by atoms with Crippen LogP contribution in [0.25, 0.3) is 0 Å². The molecule has 0 aliphatic carbocycles. The molecule has 0 radical (unpaired) electrons. The van der Waals surface area contributed by atoms with E-state index < -0.39 is 5.82 Å². The summed E-state index contributed by atoms with van der Waals surface area (Å²) < 4.78 is 24.0. The third kappa shape index (κ3) is 2.79. The van der Waals surface area contributed by atoms with Crippen LogP contribution >= 0.6 is 0 Å². The van der Waals surface area contributed by atoms with Crippen molar-refractivity contribution in [2.75, 3.05) is 0 Å². The first-order valence-corrected chi connectivity index (χ1v) is 7.64. The molecule has 3 atom stereocenters. The Bertz CT molecular complexity index is 733. The summed E-state index contributed by atoms with van der Waals surface area (Å²) >= 11 is 0. The highest BCUT2D eigenvalue weighted by molar-refractivity contribution is 5.90. The molecule has 0 saturated carbocycles. The molecule has 2 N–H and O–H groups in total. The van der Waals surface area contributed by atoms with E-state index in [0.717, 1.165) is 19.3 Å². The summed E-state index contributed by atoms with van der Waals surface area (Å²) in [4.78, 5) is 16.1. The van der Waals surface area contributed by atoms with Crippen molar-refractivity contribution < 1.29 is 18.3 Å².